The monoisotopic (exact) mass is 276 g/mol. The van der Waals surface area contributed by atoms with Crippen molar-refractivity contribution in [2.24, 2.45) is 5.73 Å². The number of nitrogens with one attached hydrogen (secondary N) is 1. The van der Waals surface area contributed by atoms with Gasteiger partial charge in [0, 0.05) is 6.54 Å². The van der Waals surface area contributed by atoms with Crippen LogP contribution in [0.1, 0.15) is 37.7 Å². The van der Waals surface area contributed by atoms with Gasteiger partial charge in [-0.1, -0.05) is 30.3 Å². The van der Waals surface area contributed by atoms with Gasteiger partial charge in [0.05, 0.1) is 0 Å². The van der Waals surface area contributed by atoms with E-state index in [2.05, 4.69) is 17.4 Å². The van der Waals surface area contributed by atoms with Crippen LogP contribution in [0, 0.1) is 0 Å². The van der Waals surface area contributed by atoms with E-state index >= 15 is 0 Å². The van der Waals surface area contributed by atoms with E-state index in [0.29, 0.717) is 6.42 Å². The molecule has 20 heavy (non-hydrogen) atoms. The van der Waals surface area contributed by atoms with Gasteiger partial charge in [-0.15, -0.1) is 0 Å². The third-order valence-electron chi connectivity index (χ3n) is 3.69. The summed E-state index contributed by atoms with van der Waals surface area (Å²) in [6.45, 7) is 1.51. The standard InChI is InChI=1S/C16H24N2O2/c17-15(16(19)20-14-8-4-5-9-14)10-11-18-12-13-6-2-1-3-7-13/h1-3,6-7,14-15,18H,4-5,8-12,17H2. The Labute approximate surface area is 120 Å². The Hall–Kier alpha value is -1.39. The topological polar surface area (TPSA) is 64.3 Å². The minimum absolute atomic E-state index is 0.103. The van der Waals surface area contributed by atoms with E-state index < -0.39 is 6.04 Å². The van der Waals surface area contributed by atoms with Gasteiger partial charge in [-0.2, -0.15) is 0 Å². The predicted octanol–water partition coefficient (Wildman–Crippen LogP) is 1.98. The third kappa shape index (κ3) is 4.94. The molecule has 3 N–H and O–H groups in total. The van der Waals surface area contributed by atoms with Gasteiger partial charge >= 0.3 is 5.97 Å². The van der Waals surface area contributed by atoms with E-state index in [0.717, 1.165) is 38.8 Å². The molecule has 1 aliphatic carbocycles. The van der Waals surface area contributed by atoms with Crippen molar-refractivity contribution in [3.8, 4) is 0 Å². The first-order valence-electron chi connectivity index (χ1n) is 7.46. The third-order valence-corrected chi connectivity index (χ3v) is 3.69. The van der Waals surface area contributed by atoms with E-state index in [9.17, 15) is 4.79 Å². The van der Waals surface area contributed by atoms with Crippen molar-refractivity contribution in [3.05, 3.63) is 35.9 Å². The number of rotatable bonds is 7. The van der Waals surface area contributed by atoms with Gasteiger partial charge in [-0.25, -0.2) is 0 Å². The summed E-state index contributed by atoms with van der Waals surface area (Å²) >= 11 is 0. The highest BCUT2D eigenvalue weighted by Crippen LogP contribution is 2.21. The summed E-state index contributed by atoms with van der Waals surface area (Å²) < 4.78 is 5.40. The fourth-order valence-corrected chi connectivity index (χ4v) is 2.46. The number of benzene rings is 1. The zero-order valence-electron chi connectivity index (χ0n) is 11.9. The quantitative estimate of drug-likeness (QED) is 0.590. The average molecular weight is 276 g/mol. The van der Waals surface area contributed by atoms with Gasteiger partial charge in [-0.3, -0.25) is 4.79 Å². The number of esters is 1. The molecule has 110 valence electrons. The van der Waals surface area contributed by atoms with Crippen LogP contribution in [0.3, 0.4) is 0 Å². The highest BCUT2D eigenvalue weighted by molar-refractivity contribution is 5.75. The SMILES string of the molecule is NC(CCNCc1ccccc1)C(=O)OC1CCCC1. The van der Waals surface area contributed by atoms with E-state index in [1.165, 1.54) is 5.56 Å². The summed E-state index contributed by atoms with van der Waals surface area (Å²) in [6, 6.07) is 9.66. The van der Waals surface area contributed by atoms with Gasteiger partial charge in [-0.05, 0) is 44.2 Å². The lowest BCUT2D eigenvalue weighted by Crippen LogP contribution is -2.37. The normalized spacial score (nSPS) is 17.1. The van der Waals surface area contributed by atoms with Crippen molar-refractivity contribution in [1.29, 1.82) is 0 Å². The molecular formula is C16H24N2O2. The largest absolute Gasteiger partial charge is 0.461 e. The van der Waals surface area contributed by atoms with E-state index in [1.54, 1.807) is 0 Å². The molecule has 0 heterocycles. The van der Waals surface area contributed by atoms with Crippen LogP contribution in [0.5, 0.6) is 0 Å². The molecule has 1 unspecified atom stereocenters. The Morgan fingerprint density at radius 3 is 2.70 bits per heavy atom. The molecule has 0 radical (unpaired) electrons. The summed E-state index contributed by atoms with van der Waals surface area (Å²) in [5, 5.41) is 3.29. The molecule has 1 aromatic rings. The molecule has 4 nitrogen and oxygen atoms in total. The second-order valence-corrected chi connectivity index (χ2v) is 5.40. The Morgan fingerprint density at radius 1 is 1.30 bits per heavy atom. The first-order valence-corrected chi connectivity index (χ1v) is 7.46. The van der Waals surface area contributed by atoms with Crippen molar-refractivity contribution in [3.63, 3.8) is 0 Å². The van der Waals surface area contributed by atoms with Crippen molar-refractivity contribution in [1.82, 2.24) is 5.32 Å². The Morgan fingerprint density at radius 2 is 2.00 bits per heavy atom. The number of nitrogens with two attached hydrogens (primary N) is 1. The van der Waals surface area contributed by atoms with E-state index in [-0.39, 0.29) is 12.1 Å². The predicted molar refractivity (Wildman–Crippen MR) is 79.1 cm³/mol. The summed E-state index contributed by atoms with van der Waals surface area (Å²) in [7, 11) is 0. The van der Waals surface area contributed by atoms with Crippen molar-refractivity contribution >= 4 is 5.97 Å². The lowest BCUT2D eigenvalue weighted by molar-refractivity contribution is -0.150. The van der Waals surface area contributed by atoms with E-state index in [4.69, 9.17) is 10.5 Å². The highest BCUT2D eigenvalue weighted by atomic mass is 16.5. The summed E-state index contributed by atoms with van der Waals surface area (Å²) in [6.07, 6.45) is 5.01. The maximum Gasteiger partial charge on any atom is 0.323 e. The minimum atomic E-state index is -0.515. The molecule has 1 aliphatic rings. The van der Waals surface area contributed by atoms with Crippen molar-refractivity contribution < 1.29 is 9.53 Å². The molecule has 1 saturated carbocycles. The van der Waals surface area contributed by atoms with Crippen LogP contribution in [-0.4, -0.2) is 24.7 Å². The number of carbonyl (C=O) groups is 1. The second kappa shape index (κ2) is 8.02. The zero-order valence-corrected chi connectivity index (χ0v) is 11.9. The van der Waals surface area contributed by atoms with E-state index in [1.807, 2.05) is 18.2 Å². The number of ether oxygens (including phenoxy) is 1. The van der Waals surface area contributed by atoms with Crippen LogP contribution in [0.15, 0.2) is 30.3 Å². The molecule has 1 aromatic carbocycles. The summed E-state index contributed by atoms with van der Waals surface area (Å²) in [5.41, 5.74) is 7.09. The molecule has 1 fully saturated rings. The minimum Gasteiger partial charge on any atom is -0.461 e. The lowest BCUT2D eigenvalue weighted by atomic mass is 10.2. The van der Waals surface area contributed by atoms with Crippen LogP contribution in [0.4, 0.5) is 0 Å². The van der Waals surface area contributed by atoms with Crippen LogP contribution >= 0.6 is 0 Å². The molecule has 0 spiro atoms. The molecule has 4 heteroatoms. The Bertz CT molecular complexity index is 402. The fraction of sp³-hybridized carbons (Fsp3) is 0.562. The molecule has 0 amide bonds. The van der Waals surface area contributed by atoms with Crippen LogP contribution in [0.25, 0.3) is 0 Å². The number of carbonyl (C=O) groups excluding carboxylic acids is 1. The van der Waals surface area contributed by atoms with Crippen LogP contribution < -0.4 is 11.1 Å². The first-order chi connectivity index (χ1) is 9.75. The van der Waals surface area contributed by atoms with Gasteiger partial charge in [0.1, 0.15) is 12.1 Å². The summed E-state index contributed by atoms with van der Waals surface area (Å²) in [4.78, 5) is 11.8. The maximum absolute atomic E-state index is 11.8. The molecular weight excluding hydrogens is 252 g/mol. The lowest BCUT2D eigenvalue weighted by Gasteiger charge is -2.16. The van der Waals surface area contributed by atoms with Crippen molar-refractivity contribution in [2.75, 3.05) is 6.54 Å². The Kier molecular flexibility index (Phi) is 6.02. The van der Waals surface area contributed by atoms with Gasteiger partial charge in [0.15, 0.2) is 0 Å². The smallest absolute Gasteiger partial charge is 0.323 e. The van der Waals surface area contributed by atoms with Crippen molar-refractivity contribution in [2.45, 2.75) is 50.8 Å². The van der Waals surface area contributed by atoms with Crippen LogP contribution in [-0.2, 0) is 16.1 Å². The molecule has 0 aliphatic heterocycles. The van der Waals surface area contributed by atoms with Crippen LogP contribution in [0.2, 0.25) is 0 Å². The first kappa shape index (κ1) is 15.0. The fourth-order valence-electron chi connectivity index (χ4n) is 2.46. The van der Waals surface area contributed by atoms with Gasteiger partial charge in [0.25, 0.3) is 0 Å². The molecule has 0 aromatic heterocycles. The molecule has 2 rings (SSSR count). The molecule has 0 saturated heterocycles. The average Bonchev–Trinajstić information content (AvgIpc) is 2.97. The van der Waals surface area contributed by atoms with Gasteiger partial charge < -0.3 is 15.8 Å². The summed E-state index contributed by atoms with van der Waals surface area (Å²) in [5.74, 6) is -0.251. The number of hydrogen-bond donors (Lipinski definition) is 2. The molecule has 0 bridgehead atoms. The highest BCUT2D eigenvalue weighted by Gasteiger charge is 2.22. The molecule has 1 atom stereocenters. The zero-order chi connectivity index (χ0) is 14.2. The second-order valence-electron chi connectivity index (χ2n) is 5.40. The Balaban J connectivity index is 1.59. The number of hydrogen-bond acceptors (Lipinski definition) is 4. The maximum atomic E-state index is 11.8. The van der Waals surface area contributed by atoms with Gasteiger partial charge in [0.2, 0.25) is 0 Å².